The number of carbonyl (C=O) groups excluding carboxylic acids is 1. The molecule has 156 valence electrons. The second kappa shape index (κ2) is 9.10. The van der Waals surface area contributed by atoms with Crippen LogP contribution in [0.4, 0.5) is 0 Å². The van der Waals surface area contributed by atoms with Gasteiger partial charge in [-0.05, 0) is 55.2 Å². The van der Waals surface area contributed by atoms with E-state index < -0.39 is 0 Å². The van der Waals surface area contributed by atoms with Crippen LogP contribution in [0.25, 0.3) is 5.69 Å². The molecule has 1 atom stereocenters. The van der Waals surface area contributed by atoms with E-state index in [4.69, 9.17) is 16.3 Å². The molecule has 4 rings (SSSR count). The molecular formula is C22H23ClN4O2S. The van der Waals surface area contributed by atoms with Crippen LogP contribution in [-0.2, 0) is 4.79 Å². The number of likely N-dealkylation sites (tertiary alicyclic amines) is 1. The number of ether oxygens (including phenoxy) is 1. The zero-order chi connectivity index (χ0) is 21.1. The zero-order valence-corrected chi connectivity index (χ0v) is 18.5. The van der Waals surface area contributed by atoms with Crippen LogP contribution in [0.1, 0.15) is 30.0 Å². The van der Waals surface area contributed by atoms with E-state index in [9.17, 15) is 4.79 Å². The van der Waals surface area contributed by atoms with Crippen molar-refractivity contribution < 1.29 is 9.53 Å². The Balaban J connectivity index is 1.46. The number of aromatic nitrogens is 3. The summed E-state index contributed by atoms with van der Waals surface area (Å²) in [7, 11) is 1.66. The van der Waals surface area contributed by atoms with Gasteiger partial charge in [0.05, 0.1) is 24.6 Å². The molecule has 6 nitrogen and oxygen atoms in total. The highest BCUT2D eigenvalue weighted by atomic mass is 35.5. The minimum absolute atomic E-state index is 0.0852. The molecule has 1 saturated heterocycles. The number of nitrogens with zero attached hydrogens (tertiary/aromatic N) is 4. The molecule has 30 heavy (non-hydrogen) atoms. The fraction of sp³-hybridized carbons (Fsp3) is 0.318. The van der Waals surface area contributed by atoms with Crippen LogP contribution < -0.4 is 4.74 Å². The molecular weight excluding hydrogens is 420 g/mol. The van der Waals surface area contributed by atoms with Gasteiger partial charge >= 0.3 is 0 Å². The van der Waals surface area contributed by atoms with Crippen molar-refractivity contribution >= 4 is 29.3 Å². The highest BCUT2D eigenvalue weighted by Crippen LogP contribution is 2.34. The van der Waals surface area contributed by atoms with E-state index in [1.54, 1.807) is 13.4 Å². The molecule has 0 N–H and O–H groups in total. The predicted molar refractivity (Wildman–Crippen MR) is 119 cm³/mol. The summed E-state index contributed by atoms with van der Waals surface area (Å²) in [6.45, 7) is 2.73. The Hall–Kier alpha value is -2.51. The SMILES string of the molecule is COc1cccc(C2CCCN2C(=O)CSc2nncn2-c2ccc(C)c(Cl)c2)c1. The quantitative estimate of drug-likeness (QED) is 0.518. The zero-order valence-electron chi connectivity index (χ0n) is 16.9. The number of rotatable bonds is 6. The summed E-state index contributed by atoms with van der Waals surface area (Å²) < 4.78 is 7.20. The predicted octanol–water partition coefficient (Wildman–Crippen LogP) is 4.69. The topological polar surface area (TPSA) is 60.2 Å². The van der Waals surface area contributed by atoms with Crippen molar-refractivity contribution in [3.63, 3.8) is 0 Å². The Bertz CT molecular complexity index is 1060. The van der Waals surface area contributed by atoms with E-state index in [2.05, 4.69) is 16.3 Å². The molecule has 3 aromatic rings. The standard InChI is InChI=1S/C22H23ClN4O2S/c1-15-8-9-17(12-19(15)23)27-14-24-25-22(27)30-13-21(28)26-10-4-7-20(26)16-5-3-6-18(11-16)29-2/h3,5-6,8-9,11-12,14,20H,4,7,10,13H2,1-2H3. The number of hydrogen-bond acceptors (Lipinski definition) is 5. The molecule has 0 spiro atoms. The summed E-state index contributed by atoms with van der Waals surface area (Å²) in [5.41, 5.74) is 3.00. The first-order chi connectivity index (χ1) is 14.6. The average molecular weight is 443 g/mol. The molecule has 8 heteroatoms. The Kier molecular flexibility index (Phi) is 6.29. The third-order valence-corrected chi connectivity index (χ3v) is 6.66. The molecule has 1 amide bonds. The lowest BCUT2D eigenvalue weighted by Gasteiger charge is -2.25. The number of amides is 1. The summed E-state index contributed by atoms with van der Waals surface area (Å²) in [5, 5.41) is 9.56. The second-order valence-corrected chi connectivity index (χ2v) is 8.58. The van der Waals surface area contributed by atoms with Crippen molar-refractivity contribution in [3.8, 4) is 11.4 Å². The molecule has 1 aliphatic rings. The fourth-order valence-electron chi connectivity index (χ4n) is 3.70. The molecule has 0 bridgehead atoms. The molecule has 0 radical (unpaired) electrons. The third-order valence-electron chi connectivity index (χ3n) is 5.33. The summed E-state index contributed by atoms with van der Waals surface area (Å²) in [5.74, 6) is 1.21. The molecule has 1 aliphatic heterocycles. The summed E-state index contributed by atoms with van der Waals surface area (Å²) >= 11 is 7.65. The van der Waals surface area contributed by atoms with Gasteiger partial charge in [0, 0.05) is 11.6 Å². The van der Waals surface area contributed by atoms with Gasteiger partial charge in [0.25, 0.3) is 0 Å². The first kappa shape index (κ1) is 20.8. The van der Waals surface area contributed by atoms with Crippen LogP contribution in [0, 0.1) is 6.92 Å². The highest BCUT2D eigenvalue weighted by Gasteiger charge is 2.30. The maximum atomic E-state index is 13.0. The number of hydrogen-bond donors (Lipinski definition) is 0. The van der Waals surface area contributed by atoms with Crippen molar-refractivity contribution in [2.24, 2.45) is 0 Å². The molecule has 0 aliphatic carbocycles. The lowest BCUT2D eigenvalue weighted by atomic mass is 10.0. The van der Waals surface area contributed by atoms with Crippen LogP contribution in [0.2, 0.25) is 5.02 Å². The van der Waals surface area contributed by atoms with E-state index in [0.717, 1.165) is 42.0 Å². The number of halogens is 1. The number of methoxy groups -OCH3 is 1. The lowest BCUT2D eigenvalue weighted by Crippen LogP contribution is -2.32. The minimum atomic E-state index is 0.0852. The van der Waals surface area contributed by atoms with E-state index in [1.165, 1.54) is 11.8 Å². The summed E-state index contributed by atoms with van der Waals surface area (Å²) in [6, 6.07) is 13.9. The van der Waals surface area contributed by atoms with Gasteiger partial charge in [-0.2, -0.15) is 0 Å². The Labute approximate surface area is 185 Å². The van der Waals surface area contributed by atoms with Crippen molar-refractivity contribution in [3.05, 3.63) is 64.9 Å². The smallest absolute Gasteiger partial charge is 0.233 e. The van der Waals surface area contributed by atoms with Gasteiger partial charge < -0.3 is 9.64 Å². The van der Waals surface area contributed by atoms with Crippen molar-refractivity contribution in [1.82, 2.24) is 19.7 Å². The molecule has 1 unspecified atom stereocenters. The first-order valence-corrected chi connectivity index (χ1v) is 11.2. The summed E-state index contributed by atoms with van der Waals surface area (Å²) in [4.78, 5) is 15.0. The first-order valence-electron chi connectivity index (χ1n) is 9.79. The monoisotopic (exact) mass is 442 g/mol. The van der Waals surface area contributed by atoms with Crippen LogP contribution in [-0.4, -0.2) is 45.0 Å². The lowest BCUT2D eigenvalue weighted by molar-refractivity contribution is -0.129. The van der Waals surface area contributed by atoms with Crippen molar-refractivity contribution in [2.75, 3.05) is 19.4 Å². The average Bonchev–Trinajstić information content (AvgIpc) is 3.44. The van der Waals surface area contributed by atoms with Crippen LogP contribution in [0.3, 0.4) is 0 Å². The van der Waals surface area contributed by atoms with Crippen LogP contribution in [0.5, 0.6) is 5.75 Å². The van der Waals surface area contributed by atoms with E-state index in [0.29, 0.717) is 15.9 Å². The molecule has 1 fully saturated rings. The molecule has 1 aromatic heterocycles. The van der Waals surface area contributed by atoms with Crippen molar-refractivity contribution in [2.45, 2.75) is 31.0 Å². The molecule has 2 aromatic carbocycles. The Morgan fingerprint density at radius 1 is 1.30 bits per heavy atom. The van der Waals surface area contributed by atoms with Gasteiger partial charge in [-0.3, -0.25) is 9.36 Å². The number of aryl methyl sites for hydroxylation is 1. The Morgan fingerprint density at radius 2 is 2.17 bits per heavy atom. The number of carbonyl (C=O) groups is 1. The van der Waals surface area contributed by atoms with E-state index in [-0.39, 0.29) is 11.9 Å². The van der Waals surface area contributed by atoms with Gasteiger partial charge in [-0.25, -0.2) is 0 Å². The van der Waals surface area contributed by atoms with E-state index >= 15 is 0 Å². The normalized spacial score (nSPS) is 16.1. The van der Waals surface area contributed by atoms with Gasteiger partial charge in [0.15, 0.2) is 5.16 Å². The van der Waals surface area contributed by atoms with Crippen molar-refractivity contribution in [1.29, 1.82) is 0 Å². The minimum Gasteiger partial charge on any atom is -0.497 e. The van der Waals surface area contributed by atoms with Gasteiger partial charge in [0.2, 0.25) is 5.91 Å². The van der Waals surface area contributed by atoms with Crippen LogP contribution >= 0.6 is 23.4 Å². The molecule has 2 heterocycles. The van der Waals surface area contributed by atoms with Crippen LogP contribution in [0.15, 0.2) is 53.9 Å². The number of thioether (sulfide) groups is 1. The highest BCUT2D eigenvalue weighted by molar-refractivity contribution is 7.99. The fourth-order valence-corrected chi connectivity index (χ4v) is 4.69. The largest absolute Gasteiger partial charge is 0.497 e. The van der Waals surface area contributed by atoms with E-state index in [1.807, 2.05) is 52.8 Å². The third kappa shape index (κ3) is 4.32. The number of benzene rings is 2. The maximum Gasteiger partial charge on any atom is 0.233 e. The molecule has 0 saturated carbocycles. The van der Waals surface area contributed by atoms with Gasteiger partial charge in [-0.15, -0.1) is 10.2 Å². The van der Waals surface area contributed by atoms with Gasteiger partial charge in [-0.1, -0.05) is 41.6 Å². The van der Waals surface area contributed by atoms with Gasteiger partial charge in [0.1, 0.15) is 12.1 Å². The Morgan fingerprint density at radius 3 is 2.97 bits per heavy atom. The second-order valence-electron chi connectivity index (χ2n) is 7.23. The maximum absolute atomic E-state index is 13.0. The summed E-state index contributed by atoms with van der Waals surface area (Å²) in [6.07, 6.45) is 3.60.